The van der Waals surface area contributed by atoms with E-state index in [-0.39, 0.29) is 6.04 Å². The summed E-state index contributed by atoms with van der Waals surface area (Å²) in [6.07, 6.45) is 14.3. The molecule has 3 aliphatic rings. The summed E-state index contributed by atoms with van der Waals surface area (Å²) in [6.45, 7) is 0.663. The Hall–Kier alpha value is -3.81. The van der Waals surface area contributed by atoms with Crippen LogP contribution in [-0.4, -0.2) is 34.7 Å². The standard InChI is InChI=1S/C28H29N6O/c29-17-22-6-4-5-9-27(22)33(34-15-14-30-18-24(34)19-31-20-34)23-12-10-21-11-13-28(32-26(21)16-23)35-25-7-2-1-3-8-25/h1-3,7-8,10-16,18-20,22,27H,4-6,9,17,29H2/q+1. The van der Waals surface area contributed by atoms with Gasteiger partial charge in [-0.2, -0.15) is 0 Å². The van der Waals surface area contributed by atoms with Crippen LogP contribution in [0.4, 0.5) is 5.69 Å². The first-order chi connectivity index (χ1) is 17.3. The Kier molecular flexibility index (Phi) is 5.64. The van der Waals surface area contributed by atoms with Gasteiger partial charge in [-0.1, -0.05) is 37.1 Å². The van der Waals surface area contributed by atoms with Gasteiger partial charge in [-0.05, 0) is 55.6 Å². The minimum atomic E-state index is 0.263. The highest BCUT2D eigenvalue weighted by atomic mass is 16.5. The molecular weight excluding hydrogens is 436 g/mol. The van der Waals surface area contributed by atoms with Crippen LogP contribution in [0.2, 0.25) is 0 Å². The van der Waals surface area contributed by atoms with Crippen molar-refractivity contribution < 1.29 is 9.33 Å². The first kappa shape index (κ1) is 21.7. The van der Waals surface area contributed by atoms with Crippen LogP contribution in [0.15, 0.2) is 94.9 Å². The fourth-order valence-corrected chi connectivity index (χ4v) is 5.44. The maximum Gasteiger partial charge on any atom is 0.225 e. The molecular formula is C28H29N6O+. The Balaban J connectivity index is 1.45. The van der Waals surface area contributed by atoms with Gasteiger partial charge in [-0.3, -0.25) is 4.99 Å². The zero-order valence-electron chi connectivity index (χ0n) is 19.6. The number of nitrogens with zero attached hydrogens (tertiary/aromatic N) is 5. The number of benzene rings is 2. The van der Waals surface area contributed by atoms with Crippen molar-refractivity contribution in [3.63, 3.8) is 0 Å². The van der Waals surface area contributed by atoms with E-state index in [2.05, 4.69) is 45.5 Å². The molecule has 7 nitrogen and oxygen atoms in total. The molecule has 0 radical (unpaired) electrons. The fraction of sp³-hybridized carbons (Fsp3) is 0.250. The van der Waals surface area contributed by atoms with Crippen LogP contribution in [0.3, 0.4) is 0 Å². The highest BCUT2D eigenvalue weighted by Crippen LogP contribution is 2.40. The summed E-state index contributed by atoms with van der Waals surface area (Å²) in [5, 5.41) is 3.52. The van der Waals surface area contributed by atoms with Crippen molar-refractivity contribution in [2.45, 2.75) is 31.7 Å². The van der Waals surface area contributed by atoms with E-state index in [4.69, 9.17) is 15.5 Å². The van der Waals surface area contributed by atoms with Gasteiger partial charge in [0.1, 0.15) is 5.75 Å². The van der Waals surface area contributed by atoms with E-state index in [1.54, 1.807) is 0 Å². The minimum Gasteiger partial charge on any atom is -0.439 e. The highest BCUT2D eigenvalue weighted by molar-refractivity contribution is 5.85. The summed E-state index contributed by atoms with van der Waals surface area (Å²) in [6, 6.07) is 20.5. The monoisotopic (exact) mass is 465 g/mol. The van der Waals surface area contributed by atoms with Crippen LogP contribution < -0.4 is 15.5 Å². The Morgan fingerprint density at radius 1 is 1.00 bits per heavy atom. The molecule has 3 aromatic rings. The number of aliphatic imine (C=N–C) groups is 2. The third-order valence-corrected chi connectivity index (χ3v) is 7.17. The molecule has 3 heterocycles. The number of para-hydroxylation sites is 1. The van der Waals surface area contributed by atoms with Gasteiger partial charge in [0, 0.05) is 11.5 Å². The lowest BCUT2D eigenvalue weighted by atomic mass is 9.83. The molecule has 0 saturated heterocycles. The van der Waals surface area contributed by atoms with Crippen molar-refractivity contribution in [3.8, 4) is 11.6 Å². The van der Waals surface area contributed by atoms with E-state index in [0.717, 1.165) is 40.9 Å². The molecule has 2 aliphatic heterocycles. The van der Waals surface area contributed by atoms with Gasteiger partial charge >= 0.3 is 0 Å². The zero-order chi connectivity index (χ0) is 23.7. The van der Waals surface area contributed by atoms with Gasteiger partial charge in [0.2, 0.25) is 17.9 Å². The Labute approximate surface area is 205 Å². The Morgan fingerprint density at radius 3 is 2.74 bits per heavy atom. The van der Waals surface area contributed by atoms with E-state index in [1.807, 2.05) is 61.4 Å². The van der Waals surface area contributed by atoms with Crippen LogP contribution in [0.25, 0.3) is 10.9 Å². The summed E-state index contributed by atoms with van der Waals surface area (Å²) < 4.78 is 6.40. The highest BCUT2D eigenvalue weighted by Gasteiger charge is 2.47. The van der Waals surface area contributed by atoms with Crippen LogP contribution in [0, 0.1) is 5.92 Å². The minimum absolute atomic E-state index is 0.263. The second-order valence-electron chi connectivity index (χ2n) is 9.27. The summed E-state index contributed by atoms with van der Waals surface area (Å²) in [4.78, 5) is 13.8. The molecule has 176 valence electrons. The van der Waals surface area contributed by atoms with Crippen LogP contribution in [0.1, 0.15) is 25.7 Å². The first-order valence-electron chi connectivity index (χ1n) is 12.2. The first-order valence-corrected chi connectivity index (χ1v) is 12.2. The second kappa shape index (κ2) is 9.09. The maximum absolute atomic E-state index is 6.30. The summed E-state index contributed by atoms with van der Waals surface area (Å²) in [5.74, 6) is 1.74. The molecule has 35 heavy (non-hydrogen) atoms. The van der Waals surface area contributed by atoms with Crippen molar-refractivity contribution in [3.05, 3.63) is 85.0 Å². The van der Waals surface area contributed by atoms with E-state index in [9.17, 15) is 0 Å². The molecule has 3 atom stereocenters. The quantitative estimate of drug-likeness (QED) is 0.486. The van der Waals surface area contributed by atoms with Gasteiger partial charge in [0.25, 0.3) is 0 Å². The van der Waals surface area contributed by atoms with Gasteiger partial charge in [0.05, 0.1) is 35.9 Å². The summed E-state index contributed by atoms with van der Waals surface area (Å²) >= 11 is 0. The zero-order valence-corrected chi connectivity index (χ0v) is 19.6. The number of anilines is 1. The molecule has 0 bridgehead atoms. The van der Waals surface area contributed by atoms with E-state index < -0.39 is 0 Å². The van der Waals surface area contributed by atoms with Gasteiger partial charge < -0.3 is 10.5 Å². The number of fused-ring (bicyclic) bond motifs is 2. The van der Waals surface area contributed by atoms with E-state index in [1.165, 1.54) is 12.8 Å². The van der Waals surface area contributed by atoms with Crippen molar-refractivity contribution in [2.75, 3.05) is 11.6 Å². The van der Waals surface area contributed by atoms with Gasteiger partial charge in [-0.25, -0.2) is 15.0 Å². The third-order valence-electron chi connectivity index (χ3n) is 7.17. The second-order valence-corrected chi connectivity index (χ2v) is 9.27. The average molecular weight is 466 g/mol. The smallest absolute Gasteiger partial charge is 0.225 e. The average Bonchev–Trinajstić information content (AvgIpc) is 3.34. The van der Waals surface area contributed by atoms with Crippen LogP contribution >= 0.6 is 0 Å². The Bertz CT molecular complexity index is 1350. The molecule has 1 fully saturated rings. The van der Waals surface area contributed by atoms with Crippen LogP contribution in [-0.2, 0) is 0 Å². The number of aromatic nitrogens is 1. The Morgan fingerprint density at radius 2 is 1.86 bits per heavy atom. The van der Waals surface area contributed by atoms with E-state index in [0.29, 0.717) is 22.9 Å². The van der Waals surface area contributed by atoms with E-state index >= 15 is 0 Å². The number of quaternary nitrogens is 1. The number of allylic oxidation sites excluding steroid dienone is 1. The van der Waals surface area contributed by atoms with Crippen LogP contribution in [0.5, 0.6) is 11.6 Å². The lowest BCUT2D eigenvalue weighted by Gasteiger charge is -2.47. The molecule has 2 N–H and O–H groups in total. The fourth-order valence-electron chi connectivity index (χ4n) is 5.44. The normalized spacial score (nSPS) is 24.9. The number of hydrogen-bond acceptors (Lipinski definition) is 6. The largest absolute Gasteiger partial charge is 0.439 e. The van der Waals surface area contributed by atoms with Crippen molar-refractivity contribution in [2.24, 2.45) is 21.6 Å². The number of ether oxygens (including phenoxy) is 1. The molecule has 1 aliphatic carbocycles. The van der Waals surface area contributed by atoms with Gasteiger partial charge in [0.15, 0.2) is 6.20 Å². The SMILES string of the molecule is NCC1CCCCC1N(c1ccc2ccc(Oc3ccccc3)nc2c1)[N+]12C=CN=CC1=CN=C2. The molecule has 0 amide bonds. The van der Waals surface area contributed by atoms with Crippen molar-refractivity contribution >= 4 is 29.1 Å². The topological polar surface area (TPSA) is 76.1 Å². The molecule has 6 rings (SSSR count). The molecule has 1 saturated carbocycles. The predicted octanol–water partition coefficient (Wildman–Crippen LogP) is 5.52. The third kappa shape index (κ3) is 3.92. The number of rotatable bonds is 6. The lowest BCUT2D eigenvalue weighted by Crippen LogP contribution is -2.62. The predicted molar refractivity (Wildman–Crippen MR) is 140 cm³/mol. The summed E-state index contributed by atoms with van der Waals surface area (Å²) in [5.41, 5.74) is 9.28. The molecule has 3 unspecified atom stereocenters. The number of nitrogens with two attached hydrogens (primary N) is 1. The van der Waals surface area contributed by atoms with Crippen molar-refractivity contribution in [1.82, 2.24) is 4.98 Å². The molecule has 2 aromatic carbocycles. The molecule has 7 heteroatoms. The molecule has 1 aromatic heterocycles. The number of pyridine rings is 1. The van der Waals surface area contributed by atoms with Crippen molar-refractivity contribution in [1.29, 1.82) is 0 Å². The maximum atomic E-state index is 6.30. The molecule has 0 spiro atoms. The van der Waals surface area contributed by atoms with Gasteiger partial charge in [-0.15, -0.1) is 4.59 Å². The number of hydrogen-bond donors (Lipinski definition) is 1. The lowest BCUT2D eigenvalue weighted by molar-refractivity contribution is -0.746. The summed E-state index contributed by atoms with van der Waals surface area (Å²) in [7, 11) is 0.